The molecule has 0 aliphatic heterocycles. The standard InChI is InChI=1S/C21H28N2O6S/c1-15-9-10-19(29-5)20(11-15)30(25,26)23(13-21(24)22-16(2)14-27-3)17-7-6-8-18(12-17)28-4/h6-12,16H,13-14H2,1-5H3,(H,22,24)/t16-/m0/s1. The van der Waals surface area contributed by atoms with E-state index in [1.165, 1.54) is 27.4 Å². The van der Waals surface area contributed by atoms with E-state index in [4.69, 9.17) is 14.2 Å². The summed E-state index contributed by atoms with van der Waals surface area (Å²) >= 11 is 0. The zero-order chi connectivity index (χ0) is 22.3. The van der Waals surface area contributed by atoms with Gasteiger partial charge in [-0.15, -0.1) is 0 Å². The Morgan fingerprint density at radius 1 is 1.10 bits per heavy atom. The molecule has 8 nitrogen and oxygen atoms in total. The molecule has 0 aliphatic carbocycles. The number of methoxy groups -OCH3 is 3. The molecule has 164 valence electrons. The first kappa shape index (κ1) is 23.5. The molecular formula is C21H28N2O6S. The average molecular weight is 437 g/mol. The third-order valence-electron chi connectivity index (χ3n) is 4.34. The van der Waals surface area contributed by atoms with Crippen LogP contribution >= 0.6 is 0 Å². The van der Waals surface area contributed by atoms with E-state index in [2.05, 4.69) is 5.32 Å². The fourth-order valence-corrected chi connectivity index (χ4v) is 4.58. The van der Waals surface area contributed by atoms with Gasteiger partial charge in [0.25, 0.3) is 10.0 Å². The lowest BCUT2D eigenvalue weighted by Crippen LogP contribution is -2.44. The number of hydrogen-bond donors (Lipinski definition) is 1. The van der Waals surface area contributed by atoms with Crippen LogP contribution in [0.25, 0.3) is 0 Å². The second kappa shape index (κ2) is 10.3. The minimum atomic E-state index is -4.13. The molecule has 0 spiro atoms. The number of nitrogens with one attached hydrogen (secondary N) is 1. The van der Waals surface area contributed by atoms with Gasteiger partial charge in [-0.05, 0) is 43.7 Å². The molecule has 1 amide bonds. The molecule has 0 heterocycles. The van der Waals surface area contributed by atoms with E-state index < -0.39 is 22.5 Å². The van der Waals surface area contributed by atoms with Crippen LogP contribution in [0.1, 0.15) is 12.5 Å². The lowest BCUT2D eigenvalue weighted by Gasteiger charge is -2.26. The summed E-state index contributed by atoms with van der Waals surface area (Å²) in [5, 5.41) is 2.74. The number of sulfonamides is 1. The van der Waals surface area contributed by atoms with Gasteiger partial charge in [-0.1, -0.05) is 12.1 Å². The number of anilines is 1. The maximum atomic E-state index is 13.6. The van der Waals surface area contributed by atoms with Gasteiger partial charge in [-0.3, -0.25) is 9.10 Å². The van der Waals surface area contributed by atoms with Crippen LogP contribution in [0.2, 0.25) is 0 Å². The summed E-state index contributed by atoms with van der Waals surface area (Å²) in [7, 11) is 0.289. The maximum Gasteiger partial charge on any atom is 0.268 e. The van der Waals surface area contributed by atoms with Gasteiger partial charge in [0.15, 0.2) is 0 Å². The van der Waals surface area contributed by atoms with Crippen LogP contribution in [-0.2, 0) is 19.6 Å². The molecule has 2 aromatic carbocycles. The molecule has 0 saturated carbocycles. The number of rotatable bonds is 10. The molecule has 2 aromatic rings. The van der Waals surface area contributed by atoms with Crippen LogP contribution in [0.4, 0.5) is 5.69 Å². The fourth-order valence-electron chi connectivity index (χ4n) is 2.93. The molecule has 0 bridgehead atoms. The van der Waals surface area contributed by atoms with Crippen LogP contribution in [0.3, 0.4) is 0 Å². The van der Waals surface area contributed by atoms with E-state index in [9.17, 15) is 13.2 Å². The Morgan fingerprint density at radius 3 is 2.47 bits per heavy atom. The fraction of sp³-hybridized carbons (Fsp3) is 0.381. The van der Waals surface area contributed by atoms with Crippen molar-refractivity contribution >= 4 is 21.6 Å². The SMILES string of the molecule is COC[C@H](C)NC(=O)CN(c1cccc(OC)c1)S(=O)(=O)c1cc(C)ccc1OC. The highest BCUT2D eigenvalue weighted by atomic mass is 32.2. The summed E-state index contributed by atoms with van der Waals surface area (Å²) in [4.78, 5) is 12.6. The number of aryl methyl sites for hydroxylation is 1. The second-order valence-electron chi connectivity index (χ2n) is 6.79. The minimum Gasteiger partial charge on any atom is -0.497 e. The van der Waals surface area contributed by atoms with E-state index in [0.29, 0.717) is 18.0 Å². The van der Waals surface area contributed by atoms with Crippen LogP contribution in [0, 0.1) is 6.92 Å². The summed E-state index contributed by atoms with van der Waals surface area (Å²) in [5.74, 6) is 0.205. The van der Waals surface area contributed by atoms with Gasteiger partial charge in [0, 0.05) is 19.2 Å². The van der Waals surface area contributed by atoms with Gasteiger partial charge in [0.1, 0.15) is 22.9 Å². The van der Waals surface area contributed by atoms with Gasteiger partial charge in [-0.25, -0.2) is 8.42 Å². The number of benzene rings is 2. The summed E-state index contributed by atoms with van der Waals surface area (Å²) in [6.45, 7) is 3.45. The topological polar surface area (TPSA) is 94.2 Å². The Bertz CT molecular complexity index is 977. The number of amides is 1. The summed E-state index contributed by atoms with van der Waals surface area (Å²) in [5.41, 5.74) is 1.05. The molecule has 1 atom stereocenters. The van der Waals surface area contributed by atoms with Gasteiger partial charge < -0.3 is 19.5 Å². The van der Waals surface area contributed by atoms with E-state index >= 15 is 0 Å². The predicted octanol–water partition coefficient (Wildman–Crippen LogP) is 2.36. The third-order valence-corrected chi connectivity index (χ3v) is 6.13. The van der Waals surface area contributed by atoms with Crippen LogP contribution in [0.15, 0.2) is 47.4 Å². The third kappa shape index (κ3) is 5.64. The van der Waals surface area contributed by atoms with E-state index in [0.717, 1.165) is 9.87 Å². The Hall–Kier alpha value is -2.78. The van der Waals surface area contributed by atoms with Gasteiger partial charge >= 0.3 is 0 Å². The Kier molecular flexibility index (Phi) is 8.08. The largest absolute Gasteiger partial charge is 0.497 e. The molecule has 2 rings (SSSR count). The highest BCUT2D eigenvalue weighted by molar-refractivity contribution is 7.93. The van der Waals surface area contributed by atoms with Crippen molar-refractivity contribution in [3.63, 3.8) is 0 Å². The van der Waals surface area contributed by atoms with Crippen molar-refractivity contribution in [3.05, 3.63) is 48.0 Å². The highest BCUT2D eigenvalue weighted by Crippen LogP contribution is 2.32. The lowest BCUT2D eigenvalue weighted by atomic mass is 10.2. The van der Waals surface area contributed by atoms with Crippen molar-refractivity contribution in [1.82, 2.24) is 5.32 Å². The van der Waals surface area contributed by atoms with E-state index in [-0.39, 0.29) is 16.7 Å². The molecule has 0 saturated heterocycles. The van der Waals surface area contributed by atoms with Gasteiger partial charge in [0.05, 0.1) is 26.5 Å². The molecule has 0 aliphatic rings. The Balaban J connectivity index is 2.52. The summed E-state index contributed by atoms with van der Waals surface area (Å²) in [6, 6.07) is 11.1. The van der Waals surface area contributed by atoms with E-state index in [1.807, 2.05) is 0 Å². The Morgan fingerprint density at radius 2 is 1.83 bits per heavy atom. The first-order chi connectivity index (χ1) is 14.2. The number of hydrogen-bond acceptors (Lipinski definition) is 6. The average Bonchev–Trinajstić information content (AvgIpc) is 2.72. The van der Waals surface area contributed by atoms with Crippen LogP contribution in [-0.4, -0.2) is 54.8 Å². The molecule has 0 unspecified atom stereocenters. The van der Waals surface area contributed by atoms with Crippen molar-refractivity contribution in [2.24, 2.45) is 0 Å². The van der Waals surface area contributed by atoms with Crippen molar-refractivity contribution in [2.45, 2.75) is 24.8 Å². The number of nitrogens with zero attached hydrogens (tertiary/aromatic N) is 1. The minimum absolute atomic E-state index is 0.0226. The summed E-state index contributed by atoms with van der Waals surface area (Å²) in [6.07, 6.45) is 0. The van der Waals surface area contributed by atoms with Gasteiger partial charge in [0.2, 0.25) is 5.91 Å². The molecule has 9 heteroatoms. The predicted molar refractivity (Wildman–Crippen MR) is 115 cm³/mol. The Labute approximate surface area is 177 Å². The monoisotopic (exact) mass is 436 g/mol. The zero-order valence-corrected chi connectivity index (χ0v) is 18.7. The molecule has 0 fully saturated rings. The molecule has 30 heavy (non-hydrogen) atoms. The van der Waals surface area contributed by atoms with E-state index in [1.54, 1.807) is 50.2 Å². The smallest absolute Gasteiger partial charge is 0.268 e. The van der Waals surface area contributed by atoms with Crippen LogP contribution < -0.4 is 19.1 Å². The van der Waals surface area contributed by atoms with Gasteiger partial charge in [-0.2, -0.15) is 0 Å². The first-order valence-corrected chi connectivity index (χ1v) is 10.8. The molecule has 0 radical (unpaired) electrons. The maximum absolute atomic E-state index is 13.6. The highest BCUT2D eigenvalue weighted by Gasteiger charge is 2.30. The zero-order valence-electron chi connectivity index (χ0n) is 17.8. The molecular weight excluding hydrogens is 408 g/mol. The normalized spacial score (nSPS) is 12.2. The van der Waals surface area contributed by atoms with Crippen molar-refractivity contribution in [2.75, 3.05) is 38.8 Å². The quantitative estimate of drug-likeness (QED) is 0.615. The summed E-state index contributed by atoms with van der Waals surface area (Å²) < 4.78 is 43.8. The second-order valence-corrected chi connectivity index (χ2v) is 8.62. The first-order valence-electron chi connectivity index (χ1n) is 9.32. The lowest BCUT2D eigenvalue weighted by molar-refractivity contribution is -0.120. The number of ether oxygens (including phenoxy) is 3. The number of carbonyl (C=O) groups is 1. The molecule has 1 N–H and O–H groups in total. The van der Waals surface area contributed by atoms with Crippen molar-refractivity contribution in [1.29, 1.82) is 0 Å². The molecule has 0 aromatic heterocycles. The number of carbonyl (C=O) groups excluding carboxylic acids is 1. The van der Waals surface area contributed by atoms with Crippen molar-refractivity contribution < 1.29 is 27.4 Å². The van der Waals surface area contributed by atoms with Crippen molar-refractivity contribution in [3.8, 4) is 11.5 Å². The van der Waals surface area contributed by atoms with Crippen LogP contribution in [0.5, 0.6) is 11.5 Å².